The fourth-order valence-corrected chi connectivity index (χ4v) is 3.03. The van der Waals surface area contributed by atoms with Gasteiger partial charge in [-0.1, -0.05) is 28.4 Å². The highest BCUT2D eigenvalue weighted by Crippen LogP contribution is 2.25. The van der Waals surface area contributed by atoms with Gasteiger partial charge in [0.1, 0.15) is 0 Å². The van der Waals surface area contributed by atoms with Crippen molar-refractivity contribution in [3.05, 3.63) is 45.8 Å². The van der Waals surface area contributed by atoms with Gasteiger partial charge in [-0.3, -0.25) is 4.79 Å². The number of hydrogen-bond donors (Lipinski definition) is 2. The lowest BCUT2D eigenvalue weighted by molar-refractivity contribution is 0.0882. The van der Waals surface area contributed by atoms with Gasteiger partial charge >= 0.3 is 6.03 Å². The number of aromatic nitrogens is 1. The molecule has 1 aromatic heterocycles. The summed E-state index contributed by atoms with van der Waals surface area (Å²) in [7, 11) is 0. The molecule has 9 heteroatoms. The Bertz CT molecular complexity index is 816. The highest BCUT2D eigenvalue weighted by molar-refractivity contribution is 6.42. The lowest BCUT2D eigenvalue weighted by Crippen LogP contribution is -2.47. The van der Waals surface area contributed by atoms with E-state index in [1.54, 1.807) is 36.1 Å². The molecule has 1 saturated heterocycles. The monoisotopic (exact) mass is 396 g/mol. The van der Waals surface area contributed by atoms with E-state index in [0.29, 0.717) is 47.4 Å². The third-order valence-electron chi connectivity index (χ3n) is 4.14. The summed E-state index contributed by atoms with van der Waals surface area (Å²) in [6.07, 6.45) is 1.32. The molecule has 0 saturated carbocycles. The van der Waals surface area contributed by atoms with E-state index in [-0.39, 0.29) is 23.7 Å². The Kier molecular flexibility index (Phi) is 5.68. The van der Waals surface area contributed by atoms with E-state index in [4.69, 9.17) is 27.7 Å². The SMILES string of the molecule is Cc1cc(C(=O)NC2CCN(C(=O)Nc3ccc(Cl)c(Cl)c3)CC2)on1. The average Bonchev–Trinajstić information content (AvgIpc) is 3.05. The van der Waals surface area contributed by atoms with E-state index >= 15 is 0 Å². The molecule has 0 spiro atoms. The van der Waals surface area contributed by atoms with Gasteiger partial charge in [0.05, 0.1) is 15.7 Å². The van der Waals surface area contributed by atoms with Crippen LogP contribution in [0.3, 0.4) is 0 Å². The topological polar surface area (TPSA) is 87.5 Å². The summed E-state index contributed by atoms with van der Waals surface area (Å²) in [5.74, 6) is -0.0911. The van der Waals surface area contributed by atoms with Crippen molar-refractivity contribution in [2.75, 3.05) is 18.4 Å². The molecule has 0 unspecified atom stereocenters. The highest BCUT2D eigenvalue weighted by atomic mass is 35.5. The summed E-state index contributed by atoms with van der Waals surface area (Å²) < 4.78 is 4.95. The van der Waals surface area contributed by atoms with Crippen molar-refractivity contribution in [1.29, 1.82) is 0 Å². The van der Waals surface area contributed by atoms with Gasteiger partial charge in [-0.2, -0.15) is 0 Å². The predicted octanol–water partition coefficient (Wildman–Crippen LogP) is 3.72. The second-order valence-electron chi connectivity index (χ2n) is 6.13. The molecule has 0 aliphatic carbocycles. The molecule has 7 nitrogen and oxygen atoms in total. The number of hydrogen-bond acceptors (Lipinski definition) is 4. The van der Waals surface area contributed by atoms with E-state index in [1.165, 1.54) is 0 Å². The van der Waals surface area contributed by atoms with Gasteiger partial charge in [-0.05, 0) is 38.0 Å². The standard InChI is InChI=1S/C17H18Cl2N4O3/c1-10-8-15(26-22-10)16(24)20-11-4-6-23(7-5-11)17(25)21-12-2-3-13(18)14(19)9-12/h2-3,8-9,11H,4-7H2,1H3,(H,20,24)(H,21,25). The second-order valence-corrected chi connectivity index (χ2v) is 6.94. The predicted molar refractivity (Wildman–Crippen MR) is 98.8 cm³/mol. The lowest BCUT2D eigenvalue weighted by atomic mass is 10.1. The number of nitrogens with zero attached hydrogens (tertiary/aromatic N) is 2. The van der Waals surface area contributed by atoms with Crippen molar-refractivity contribution in [1.82, 2.24) is 15.4 Å². The number of likely N-dealkylation sites (tertiary alicyclic amines) is 1. The maximum Gasteiger partial charge on any atom is 0.321 e. The minimum Gasteiger partial charge on any atom is -0.351 e. The molecule has 0 bridgehead atoms. The van der Waals surface area contributed by atoms with Crippen molar-refractivity contribution < 1.29 is 14.1 Å². The summed E-state index contributed by atoms with van der Waals surface area (Å²) in [6.45, 7) is 2.83. The van der Waals surface area contributed by atoms with Gasteiger partial charge < -0.3 is 20.1 Å². The van der Waals surface area contributed by atoms with Crippen LogP contribution >= 0.6 is 23.2 Å². The quantitative estimate of drug-likeness (QED) is 0.827. The molecule has 1 fully saturated rings. The van der Waals surface area contributed by atoms with E-state index in [1.807, 2.05) is 0 Å². The molecule has 1 aliphatic heterocycles. The molecule has 0 atom stereocenters. The Morgan fingerprint density at radius 1 is 1.19 bits per heavy atom. The van der Waals surface area contributed by atoms with Crippen LogP contribution in [0.5, 0.6) is 0 Å². The van der Waals surface area contributed by atoms with E-state index < -0.39 is 0 Å². The first-order valence-electron chi connectivity index (χ1n) is 8.17. The number of carbonyl (C=O) groups excluding carboxylic acids is 2. The number of anilines is 1. The molecular formula is C17H18Cl2N4O3. The van der Waals surface area contributed by atoms with Crippen LogP contribution in [0.2, 0.25) is 10.0 Å². The molecule has 2 aromatic rings. The fraction of sp³-hybridized carbons (Fsp3) is 0.353. The first-order chi connectivity index (χ1) is 12.4. The zero-order valence-corrected chi connectivity index (χ0v) is 15.6. The summed E-state index contributed by atoms with van der Waals surface area (Å²) in [4.78, 5) is 26.1. The van der Waals surface area contributed by atoms with Gasteiger partial charge in [-0.25, -0.2) is 4.79 Å². The van der Waals surface area contributed by atoms with Crippen LogP contribution in [0.1, 0.15) is 29.1 Å². The molecule has 26 heavy (non-hydrogen) atoms. The molecule has 0 radical (unpaired) electrons. The summed E-state index contributed by atoms with van der Waals surface area (Å²) in [6, 6.07) is 6.30. The minimum atomic E-state index is -0.288. The number of carbonyl (C=O) groups is 2. The highest BCUT2D eigenvalue weighted by Gasteiger charge is 2.25. The van der Waals surface area contributed by atoms with Crippen LogP contribution < -0.4 is 10.6 Å². The number of benzene rings is 1. The van der Waals surface area contributed by atoms with Crippen molar-refractivity contribution >= 4 is 40.8 Å². The van der Waals surface area contributed by atoms with Crippen molar-refractivity contribution in [2.24, 2.45) is 0 Å². The van der Waals surface area contributed by atoms with Crippen molar-refractivity contribution in [3.8, 4) is 0 Å². The lowest BCUT2D eigenvalue weighted by Gasteiger charge is -2.32. The maximum atomic E-state index is 12.3. The molecule has 138 valence electrons. The molecule has 3 rings (SSSR count). The van der Waals surface area contributed by atoms with Crippen LogP contribution in [0.25, 0.3) is 0 Å². The number of aryl methyl sites for hydroxylation is 1. The Hall–Kier alpha value is -2.25. The molecule has 1 aromatic carbocycles. The van der Waals surface area contributed by atoms with Crippen LogP contribution in [-0.2, 0) is 0 Å². The Morgan fingerprint density at radius 3 is 2.54 bits per heavy atom. The third kappa shape index (κ3) is 4.47. The largest absolute Gasteiger partial charge is 0.351 e. The fourth-order valence-electron chi connectivity index (χ4n) is 2.73. The van der Waals surface area contributed by atoms with E-state index in [9.17, 15) is 9.59 Å². The van der Waals surface area contributed by atoms with Gasteiger partial charge in [0.2, 0.25) is 5.76 Å². The summed E-state index contributed by atoms with van der Waals surface area (Å²) in [5.41, 5.74) is 1.24. The Balaban J connectivity index is 1.49. The summed E-state index contributed by atoms with van der Waals surface area (Å²) in [5, 5.41) is 10.2. The van der Waals surface area contributed by atoms with Crippen molar-refractivity contribution in [2.45, 2.75) is 25.8 Å². The number of halogens is 2. The summed E-state index contributed by atoms with van der Waals surface area (Å²) >= 11 is 11.8. The van der Waals surface area contributed by atoms with Crippen LogP contribution in [0, 0.1) is 6.92 Å². The normalized spacial score (nSPS) is 15.0. The van der Waals surface area contributed by atoms with Crippen molar-refractivity contribution in [3.63, 3.8) is 0 Å². The molecule has 1 aliphatic rings. The molecule has 2 N–H and O–H groups in total. The van der Waals surface area contributed by atoms with Gasteiger partial charge in [0, 0.05) is 30.9 Å². The molecule has 3 amide bonds. The number of nitrogens with one attached hydrogen (secondary N) is 2. The van der Waals surface area contributed by atoms with Gasteiger partial charge in [-0.15, -0.1) is 0 Å². The Morgan fingerprint density at radius 2 is 1.92 bits per heavy atom. The second kappa shape index (κ2) is 7.97. The first kappa shape index (κ1) is 18.5. The number of urea groups is 1. The van der Waals surface area contributed by atoms with E-state index in [2.05, 4.69) is 15.8 Å². The zero-order chi connectivity index (χ0) is 18.7. The van der Waals surface area contributed by atoms with Crippen LogP contribution in [0.15, 0.2) is 28.8 Å². The smallest absolute Gasteiger partial charge is 0.321 e. The number of rotatable bonds is 3. The average molecular weight is 397 g/mol. The molecule has 2 heterocycles. The third-order valence-corrected chi connectivity index (χ3v) is 4.88. The van der Waals surface area contributed by atoms with E-state index in [0.717, 1.165) is 0 Å². The van der Waals surface area contributed by atoms with Crippen LogP contribution in [-0.4, -0.2) is 41.1 Å². The van der Waals surface area contributed by atoms with Crippen LogP contribution in [0.4, 0.5) is 10.5 Å². The van der Waals surface area contributed by atoms with Gasteiger partial charge in [0.15, 0.2) is 0 Å². The number of piperidine rings is 1. The maximum absolute atomic E-state index is 12.3. The zero-order valence-electron chi connectivity index (χ0n) is 14.1. The van der Waals surface area contributed by atoms with Gasteiger partial charge in [0.25, 0.3) is 5.91 Å². The number of amides is 3. The first-order valence-corrected chi connectivity index (χ1v) is 8.93. The Labute approximate surface area is 160 Å². The molecular weight excluding hydrogens is 379 g/mol. The minimum absolute atomic E-state index is 0.0121.